The first-order valence-corrected chi connectivity index (χ1v) is 9.91. The maximum atomic E-state index is 13.2. The number of fused-ring (bicyclic) bond motifs is 1. The van der Waals surface area contributed by atoms with E-state index in [1.54, 1.807) is 30.8 Å². The van der Waals surface area contributed by atoms with E-state index in [9.17, 15) is 14.0 Å². The standard InChI is InChI=1S/C21H17FN4O3S/c1-12-19-15(10-16(17-7-4-8-30-17)24-20(19)26(2)25-12)21(28)29-11-18(27)23-14-6-3-5-13(22)9-14/h3-10H,11H2,1-2H3,(H,23,27). The van der Waals surface area contributed by atoms with Gasteiger partial charge in [-0.1, -0.05) is 12.1 Å². The smallest absolute Gasteiger partial charge is 0.339 e. The summed E-state index contributed by atoms with van der Waals surface area (Å²) in [5.74, 6) is -1.71. The average Bonchev–Trinajstić information content (AvgIpc) is 3.34. The third kappa shape index (κ3) is 3.92. The second-order valence-electron chi connectivity index (χ2n) is 6.57. The number of hydrogen-bond donors (Lipinski definition) is 1. The summed E-state index contributed by atoms with van der Waals surface area (Å²) in [5.41, 5.74) is 2.37. The van der Waals surface area contributed by atoms with Crippen molar-refractivity contribution in [3.63, 3.8) is 0 Å². The van der Waals surface area contributed by atoms with Crippen LogP contribution >= 0.6 is 11.3 Å². The zero-order valence-corrected chi connectivity index (χ0v) is 17.0. The molecule has 4 rings (SSSR count). The highest BCUT2D eigenvalue weighted by Crippen LogP contribution is 2.29. The van der Waals surface area contributed by atoms with E-state index in [1.165, 1.54) is 29.5 Å². The van der Waals surface area contributed by atoms with Gasteiger partial charge in [0.1, 0.15) is 5.82 Å². The number of amides is 1. The Morgan fingerprint density at radius 3 is 2.80 bits per heavy atom. The Morgan fingerprint density at radius 1 is 1.23 bits per heavy atom. The van der Waals surface area contributed by atoms with E-state index in [1.807, 2.05) is 17.5 Å². The number of hydrogen-bond acceptors (Lipinski definition) is 6. The number of rotatable bonds is 5. The zero-order valence-electron chi connectivity index (χ0n) is 16.2. The lowest BCUT2D eigenvalue weighted by Crippen LogP contribution is -2.21. The molecule has 0 radical (unpaired) electrons. The number of nitrogens with zero attached hydrogens (tertiary/aromatic N) is 3. The minimum absolute atomic E-state index is 0.283. The fourth-order valence-corrected chi connectivity index (χ4v) is 3.81. The molecule has 0 saturated carbocycles. The molecule has 3 aromatic heterocycles. The molecule has 3 heterocycles. The van der Waals surface area contributed by atoms with Crippen LogP contribution in [-0.2, 0) is 16.6 Å². The van der Waals surface area contributed by atoms with Crippen LogP contribution in [-0.4, -0.2) is 33.2 Å². The van der Waals surface area contributed by atoms with Crippen molar-refractivity contribution in [2.45, 2.75) is 6.92 Å². The van der Waals surface area contributed by atoms with Gasteiger partial charge in [0.05, 0.1) is 27.2 Å². The fourth-order valence-electron chi connectivity index (χ4n) is 3.13. The third-order valence-corrected chi connectivity index (χ3v) is 5.30. The number of halogens is 1. The normalized spacial score (nSPS) is 10.9. The van der Waals surface area contributed by atoms with Crippen LogP contribution in [0.1, 0.15) is 16.1 Å². The van der Waals surface area contributed by atoms with Gasteiger partial charge in [-0.05, 0) is 42.6 Å². The number of pyridine rings is 1. The quantitative estimate of drug-likeness (QED) is 0.491. The van der Waals surface area contributed by atoms with E-state index in [-0.39, 0.29) is 11.3 Å². The highest BCUT2D eigenvalue weighted by molar-refractivity contribution is 7.13. The molecule has 0 unspecified atom stereocenters. The van der Waals surface area contributed by atoms with Crippen LogP contribution in [0.4, 0.5) is 10.1 Å². The minimum atomic E-state index is -0.661. The van der Waals surface area contributed by atoms with E-state index < -0.39 is 24.3 Å². The van der Waals surface area contributed by atoms with Crippen molar-refractivity contribution in [3.8, 4) is 10.6 Å². The van der Waals surface area contributed by atoms with Crippen molar-refractivity contribution in [3.05, 3.63) is 64.9 Å². The summed E-state index contributed by atoms with van der Waals surface area (Å²) < 4.78 is 20.1. The van der Waals surface area contributed by atoms with Crippen LogP contribution < -0.4 is 5.32 Å². The van der Waals surface area contributed by atoms with Gasteiger partial charge in [0, 0.05) is 12.7 Å². The molecular weight excluding hydrogens is 407 g/mol. The van der Waals surface area contributed by atoms with Gasteiger partial charge in [-0.3, -0.25) is 9.48 Å². The van der Waals surface area contributed by atoms with Gasteiger partial charge in [0.15, 0.2) is 12.3 Å². The molecule has 0 saturated heterocycles. The minimum Gasteiger partial charge on any atom is -0.452 e. The number of ether oxygens (including phenoxy) is 1. The first-order valence-electron chi connectivity index (χ1n) is 9.03. The number of thiophene rings is 1. The molecule has 4 aromatic rings. The van der Waals surface area contributed by atoms with E-state index in [0.717, 1.165) is 4.88 Å². The van der Waals surface area contributed by atoms with Crippen molar-refractivity contribution in [2.24, 2.45) is 7.05 Å². The van der Waals surface area contributed by atoms with Crippen molar-refractivity contribution in [1.82, 2.24) is 14.8 Å². The number of esters is 1. The molecule has 0 aliphatic carbocycles. The van der Waals surface area contributed by atoms with Crippen LogP contribution in [0.25, 0.3) is 21.6 Å². The van der Waals surface area contributed by atoms with Crippen molar-refractivity contribution >= 4 is 39.9 Å². The lowest BCUT2D eigenvalue weighted by Gasteiger charge is -2.09. The van der Waals surface area contributed by atoms with Gasteiger partial charge in [-0.25, -0.2) is 14.2 Å². The maximum absolute atomic E-state index is 13.2. The molecular formula is C21H17FN4O3S. The summed E-state index contributed by atoms with van der Waals surface area (Å²) >= 11 is 1.50. The monoisotopic (exact) mass is 424 g/mol. The molecule has 30 heavy (non-hydrogen) atoms. The van der Waals surface area contributed by atoms with Crippen LogP contribution in [0.2, 0.25) is 0 Å². The largest absolute Gasteiger partial charge is 0.452 e. The predicted octanol–water partition coefficient (Wildman–Crippen LogP) is 3.94. The summed E-state index contributed by atoms with van der Waals surface area (Å²) in [6.07, 6.45) is 0. The number of aryl methyl sites for hydroxylation is 2. The highest BCUT2D eigenvalue weighted by atomic mass is 32.1. The van der Waals surface area contributed by atoms with Crippen molar-refractivity contribution in [1.29, 1.82) is 0 Å². The Labute approximate surface area is 175 Å². The van der Waals surface area contributed by atoms with Crippen LogP contribution in [0.3, 0.4) is 0 Å². The summed E-state index contributed by atoms with van der Waals surface area (Å²) in [5, 5.41) is 9.34. The molecule has 1 aromatic carbocycles. The summed E-state index contributed by atoms with van der Waals surface area (Å²) in [7, 11) is 1.75. The molecule has 7 nitrogen and oxygen atoms in total. The van der Waals surface area contributed by atoms with Crippen molar-refractivity contribution < 1.29 is 18.7 Å². The van der Waals surface area contributed by atoms with Gasteiger partial charge in [-0.15, -0.1) is 11.3 Å². The van der Waals surface area contributed by atoms with Crippen LogP contribution in [0.15, 0.2) is 47.8 Å². The predicted molar refractivity (Wildman–Crippen MR) is 112 cm³/mol. The van der Waals surface area contributed by atoms with Gasteiger partial charge in [0.25, 0.3) is 5.91 Å². The third-order valence-electron chi connectivity index (χ3n) is 4.40. The SMILES string of the molecule is Cc1nn(C)c2nc(-c3cccs3)cc(C(=O)OCC(=O)Nc3cccc(F)c3)c12. The lowest BCUT2D eigenvalue weighted by atomic mass is 10.1. The second-order valence-corrected chi connectivity index (χ2v) is 7.52. The van der Waals surface area contributed by atoms with E-state index in [2.05, 4.69) is 15.4 Å². The molecule has 0 atom stereocenters. The van der Waals surface area contributed by atoms with Crippen LogP contribution in [0, 0.1) is 12.7 Å². The van der Waals surface area contributed by atoms with E-state index >= 15 is 0 Å². The first kappa shape index (κ1) is 19.7. The maximum Gasteiger partial charge on any atom is 0.339 e. The Morgan fingerprint density at radius 2 is 2.07 bits per heavy atom. The molecule has 152 valence electrons. The van der Waals surface area contributed by atoms with Crippen LogP contribution in [0.5, 0.6) is 0 Å². The summed E-state index contributed by atoms with van der Waals surface area (Å²) in [4.78, 5) is 30.5. The summed E-state index contributed by atoms with van der Waals surface area (Å²) in [6, 6.07) is 10.9. The Hall–Kier alpha value is -3.59. The number of benzene rings is 1. The molecule has 1 amide bonds. The summed E-state index contributed by atoms with van der Waals surface area (Å²) in [6.45, 7) is 1.27. The topological polar surface area (TPSA) is 86.1 Å². The Kier molecular flexibility index (Phi) is 5.28. The first-order chi connectivity index (χ1) is 14.4. The van der Waals surface area contributed by atoms with Crippen molar-refractivity contribution in [2.75, 3.05) is 11.9 Å². The molecule has 0 aliphatic heterocycles. The van der Waals surface area contributed by atoms with Gasteiger partial charge in [0.2, 0.25) is 0 Å². The fraction of sp³-hybridized carbons (Fsp3) is 0.143. The average molecular weight is 424 g/mol. The zero-order chi connectivity index (χ0) is 21.3. The number of carbonyl (C=O) groups excluding carboxylic acids is 2. The molecule has 0 aliphatic rings. The van der Waals surface area contributed by atoms with E-state index in [0.29, 0.717) is 22.4 Å². The van der Waals surface area contributed by atoms with Gasteiger partial charge in [-0.2, -0.15) is 5.10 Å². The Balaban J connectivity index is 1.58. The number of nitrogens with one attached hydrogen (secondary N) is 1. The number of carbonyl (C=O) groups is 2. The van der Waals surface area contributed by atoms with Gasteiger partial charge < -0.3 is 10.1 Å². The molecule has 1 N–H and O–H groups in total. The van der Waals surface area contributed by atoms with Gasteiger partial charge >= 0.3 is 5.97 Å². The molecule has 0 fully saturated rings. The molecule has 0 spiro atoms. The number of anilines is 1. The Bertz CT molecular complexity index is 1250. The van der Waals surface area contributed by atoms with E-state index in [4.69, 9.17) is 4.74 Å². The second kappa shape index (κ2) is 8.03. The number of aromatic nitrogens is 3. The molecule has 9 heteroatoms. The molecule has 0 bridgehead atoms. The lowest BCUT2D eigenvalue weighted by molar-refractivity contribution is -0.119. The highest BCUT2D eigenvalue weighted by Gasteiger charge is 2.21.